The van der Waals surface area contributed by atoms with Gasteiger partial charge < -0.3 is 15.0 Å². The van der Waals surface area contributed by atoms with E-state index in [-0.39, 0.29) is 24.0 Å². The molecular weight excluding hydrogens is 389 g/mol. The van der Waals surface area contributed by atoms with Crippen LogP contribution in [-0.4, -0.2) is 50.8 Å². The molecule has 5 heteroatoms. The van der Waals surface area contributed by atoms with Crippen LogP contribution in [0.1, 0.15) is 44.9 Å². The molecule has 1 aliphatic carbocycles. The number of nitrogens with one attached hydrogen (secondary N) is 1. The molecular formula is C17H30IN3O. The lowest BCUT2D eigenvalue weighted by atomic mass is 9.86. The number of hydrogen-bond donors (Lipinski definition) is 1. The quantitative estimate of drug-likeness (QED) is 0.331. The van der Waals surface area contributed by atoms with Crippen molar-refractivity contribution in [2.45, 2.75) is 44.9 Å². The van der Waals surface area contributed by atoms with Crippen molar-refractivity contribution in [1.82, 2.24) is 10.2 Å². The molecule has 4 nitrogen and oxygen atoms in total. The first-order valence-electron chi connectivity index (χ1n) is 8.53. The summed E-state index contributed by atoms with van der Waals surface area (Å²) in [4.78, 5) is 6.97. The highest BCUT2D eigenvalue weighted by Gasteiger charge is 2.40. The molecule has 0 unspecified atom stereocenters. The van der Waals surface area contributed by atoms with Gasteiger partial charge >= 0.3 is 0 Å². The fourth-order valence-electron chi connectivity index (χ4n) is 4.11. The summed E-state index contributed by atoms with van der Waals surface area (Å²) in [5, 5.41) is 3.56. The van der Waals surface area contributed by atoms with E-state index in [0.29, 0.717) is 5.41 Å². The molecule has 0 radical (unpaired) electrons. The van der Waals surface area contributed by atoms with E-state index in [1.807, 2.05) is 7.05 Å². The summed E-state index contributed by atoms with van der Waals surface area (Å²) in [6, 6.07) is 0. The molecule has 126 valence electrons. The molecule has 0 aromatic rings. The molecule has 1 saturated heterocycles. The molecule has 22 heavy (non-hydrogen) atoms. The van der Waals surface area contributed by atoms with Crippen LogP contribution in [0.4, 0.5) is 0 Å². The molecule has 0 aromatic carbocycles. The van der Waals surface area contributed by atoms with Gasteiger partial charge in [-0.15, -0.1) is 24.0 Å². The first-order valence-corrected chi connectivity index (χ1v) is 8.53. The molecule has 3 rings (SSSR count). The fraction of sp³-hybridized carbons (Fsp3) is 0.824. The Balaban J connectivity index is 0.00000176. The molecule has 2 aliphatic heterocycles. The van der Waals surface area contributed by atoms with Gasteiger partial charge in [0.2, 0.25) is 0 Å². The molecule has 0 aromatic heterocycles. The van der Waals surface area contributed by atoms with Gasteiger partial charge in [-0.25, -0.2) is 0 Å². The lowest BCUT2D eigenvalue weighted by molar-refractivity contribution is 0.153. The predicted octanol–water partition coefficient (Wildman–Crippen LogP) is 3.18. The summed E-state index contributed by atoms with van der Waals surface area (Å²) < 4.78 is 5.35. The summed E-state index contributed by atoms with van der Waals surface area (Å²) in [5.41, 5.74) is 2.14. The number of rotatable bonds is 3. The van der Waals surface area contributed by atoms with Crippen molar-refractivity contribution in [1.29, 1.82) is 0 Å². The standard InChI is InChI=1S/C17H29N3O.HI/c1-18-16(19-10-4-15-5-12-21-13-6-15)20-11-9-17(14-20)7-2-3-8-17;/h5H,2-4,6-14H2,1H3,(H,18,19);1H. The van der Waals surface area contributed by atoms with Gasteiger partial charge in [-0.05, 0) is 37.5 Å². The van der Waals surface area contributed by atoms with Gasteiger partial charge in [-0.3, -0.25) is 4.99 Å². The second kappa shape index (κ2) is 8.52. The topological polar surface area (TPSA) is 36.9 Å². The van der Waals surface area contributed by atoms with Crippen LogP contribution in [0.5, 0.6) is 0 Å². The van der Waals surface area contributed by atoms with Crippen molar-refractivity contribution in [2.24, 2.45) is 10.4 Å². The van der Waals surface area contributed by atoms with Gasteiger partial charge in [-0.2, -0.15) is 0 Å². The van der Waals surface area contributed by atoms with Crippen LogP contribution >= 0.6 is 24.0 Å². The Morgan fingerprint density at radius 3 is 2.86 bits per heavy atom. The molecule has 0 bridgehead atoms. The molecule has 0 atom stereocenters. The largest absolute Gasteiger partial charge is 0.377 e. The van der Waals surface area contributed by atoms with Crippen LogP contribution < -0.4 is 5.32 Å². The van der Waals surface area contributed by atoms with Crippen molar-refractivity contribution in [3.8, 4) is 0 Å². The second-order valence-electron chi connectivity index (χ2n) is 6.79. The van der Waals surface area contributed by atoms with Gasteiger partial charge in [0.15, 0.2) is 5.96 Å². The van der Waals surface area contributed by atoms with E-state index in [0.717, 1.165) is 38.6 Å². The van der Waals surface area contributed by atoms with Gasteiger partial charge in [-0.1, -0.05) is 24.5 Å². The number of guanidine groups is 1. The molecule has 0 amide bonds. The van der Waals surface area contributed by atoms with E-state index in [1.165, 1.54) is 50.8 Å². The zero-order chi connectivity index (χ0) is 14.5. The Morgan fingerprint density at radius 1 is 1.36 bits per heavy atom. The van der Waals surface area contributed by atoms with Gasteiger partial charge in [0.05, 0.1) is 13.2 Å². The number of aliphatic imine (C=N–C) groups is 1. The normalized spacial score (nSPS) is 24.3. The predicted molar refractivity (Wildman–Crippen MR) is 102 cm³/mol. The van der Waals surface area contributed by atoms with Crippen molar-refractivity contribution < 1.29 is 4.74 Å². The Kier molecular flexibility index (Phi) is 6.99. The maximum atomic E-state index is 5.35. The van der Waals surface area contributed by atoms with E-state index in [4.69, 9.17) is 4.74 Å². The van der Waals surface area contributed by atoms with Gasteiger partial charge in [0, 0.05) is 26.7 Å². The minimum atomic E-state index is 0. The molecule has 1 spiro atoms. The molecule has 3 aliphatic rings. The summed E-state index contributed by atoms with van der Waals surface area (Å²) >= 11 is 0. The van der Waals surface area contributed by atoms with Crippen molar-refractivity contribution in [2.75, 3.05) is 39.9 Å². The first-order chi connectivity index (χ1) is 10.3. The zero-order valence-corrected chi connectivity index (χ0v) is 16.1. The number of likely N-dealkylation sites (tertiary alicyclic amines) is 1. The third kappa shape index (κ3) is 4.37. The Bertz CT molecular complexity index is 416. The SMILES string of the molecule is CN=C(NCCC1=CCOCC1)N1CCC2(CCCC2)C1.I. The maximum Gasteiger partial charge on any atom is 0.193 e. The average molecular weight is 419 g/mol. The van der Waals surface area contributed by atoms with E-state index >= 15 is 0 Å². The smallest absolute Gasteiger partial charge is 0.193 e. The average Bonchev–Trinajstić information content (AvgIpc) is 3.15. The molecule has 2 fully saturated rings. The van der Waals surface area contributed by atoms with Crippen molar-refractivity contribution in [3.63, 3.8) is 0 Å². The Hall–Kier alpha value is -0.300. The van der Waals surface area contributed by atoms with Crippen LogP contribution in [0, 0.1) is 5.41 Å². The third-order valence-electron chi connectivity index (χ3n) is 5.40. The van der Waals surface area contributed by atoms with Gasteiger partial charge in [0.25, 0.3) is 0 Å². The number of ether oxygens (including phenoxy) is 1. The minimum absolute atomic E-state index is 0. The van der Waals surface area contributed by atoms with E-state index in [1.54, 1.807) is 0 Å². The lowest BCUT2D eigenvalue weighted by Crippen LogP contribution is -2.41. The first kappa shape index (κ1) is 18.0. The summed E-state index contributed by atoms with van der Waals surface area (Å²) in [7, 11) is 1.91. The van der Waals surface area contributed by atoms with Crippen LogP contribution in [0.2, 0.25) is 0 Å². The molecule has 1 saturated carbocycles. The Labute approximate surface area is 151 Å². The number of nitrogens with zero attached hydrogens (tertiary/aromatic N) is 2. The van der Waals surface area contributed by atoms with Gasteiger partial charge in [0.1, 0.15) is 0 Å². The monoisotopic (exact) mass is 419 g/mol. The van der Waals surface area contributed by atoms with E-state index in [2.05, 4.69) is 21.3 Å². The molecule has 1 N–H and O–H groups in total. The van der Waals surface area contributed by atoms with Crippen LogP contribution in [-0.2, 0) is 4.74 Å². The second-order valence-corrected chi connectivity index (χ2v) is 6.79. The number of hydrogen-bond acceptors (Lipinski definition) is 2. The summed E-state index contributed by atoms with van der Waals surface area (Å²) in [5.74, 6) is 1.10. The number of halogens is 1. The lowest BCUT2D eigenvalue weighted by Gasteiger charge is -2.26. The van der Waals surface area contributed by atoms with Crippen LogP contribution in [0.15, 0.2) is 16.6 Å². The summed E-state index contributed by atoms with van der Waals surface area (Å²) in [6.07, 6.45) is 11.5. The van der Waals surface area contributed by atoms with Crippen LogP contribution in [0.3, 0.4) is 0 Å². The summed E-state index contributed by atoms with van der Waals surface area (Å²) in [6.45, 7) is 5.05. The fourth-order valence-corrected chi connectivity index (χ4v) is 4.11. The highest BCUT2D eigenvalue weighted by atomic mass is 127. The van der Waals surface area contributed by atoms with E-state index < -0.39 is 0 Å². The highest BCUT2D eigenvalue weighted by molar-refractivity contribution is 14.0. The molecule has 2 heterocycles. The van der Waals surface area contributed by atoms with E-state index in [9.17, 15) is 0 Å². The van der Waals surface area contributed by atoms with Crippen LogP contribution in [0.25, 0.3) is 0 Å². The maximum absolute atomic E-state index is 5.35. The minimum Gasteiger partial charge on any atom is -0.377 e. The highest BCUT2D eigenvalue weighted by Crippen LogP contribution is 2.45. The van der Waals surface area contributed by atoms with Crippen molar-refractivity contribution >= 4 is 29.9 Å². The van der Waals surface area contributed by atoms with Crippen molar-refractivity contribution in [3.05, 3.63) is 11.6 Å². The zero-order valence-electron chi connectivity index (χ0n) is 13.8. The third-order valence-corrected chi connectivity index (χ3v) is 5.40. The Morgan fingerprint density at radius 2 is 2.18 bits per heavy atom.